The summed E-state index contributed by atoms with van der Waals surface area (Å²) in [5, 5.41) is 2.93. The molecule has 1 heterocycles. The highest BCUT2D eigenvalue weighted by atomic mass is 32.2. The van der Waals surface area contributed by atoms with Gasteiger partial charge in [-0.2, -0.15) is 13.2 Å². The van der Waals surface area contributed by atoms with Crippen LogP contribution in [0.1, 0.15) is 83.3 Å². The van der Waals surface area contributed by atoms with Crippen LogP contribution in [0.25, 0.3) is 11.0 Å². The van der Waals surface area contributed by atoms with Crippen molar-refractivity contribution in [3.63, 3.8) is 0 Å². The number of halogens is 5. The lowest BCUT2D eigenvalue weighted by Crippen LogP contribution is -2.42. The molecule has 1 saturated carbocycles. The summed E-state index contributed by atoms with van der Waals surface area (Å²) in [5.41, 5.74) is 2.07. The van der Waals surface area contributed by atoms with E-state index in [1.165, 1.54) is 0 Å². The highest BCUT2D eigenvalue weighted by Crippen LogP contribution is 2.43. The third kappa shape index (κ3) is 10.3. The van der Waals surface area contributed by atoms with E-state index in [0.29, 0.717) is 36.3 Å². The van der Waals surface area contributed by atoms with E-state index in [1.54, 1.807) is 13.0 Å². The largest absolute Gasteiger partial charge is 0.390 e. The van der Waals surface area contributed by atoms with Crippen LogP contribution in [-0.4, -0.2) is 51.8 Å². The molecule has 0 aliphatic heterocycles. The maximum atomic E-state index is 14.7. The second kappa shape index (κ2) is 13.7. The van der Waals surface area contributed by atoms with Crippen molar-refractivity contribution in [3.8, 4) is 0 Å². The monoisotopic (exact) mass is 638 g/mol. The van der Waals surface area contributed by atoms with E-state index in [4.69, 9.17) is 9.72 Å². The van der Waals surface area contributed by atoms with E-state index in [1.807, 2.05) is 37.5 Å². The molecule has 0 amide bonds. The van der Waals surface area contributed by atoms with Crippen LogP contribution in [0.3, 0.4) is 0 Å². The Hall–Kier alpha value is -1.41. The number of benzene rings is 1. The van der Waals surface area contributed by atoms with Crippen LogP contribution in [0.15, 0.2) is 18.2 Å². The minimum absolute atomic E-state index is 0.124. The zero-order valence-corrected chi connectivity index (χ0v) is 27.7. The van der Waals surface area contributed by atoms with Gasteiger partial charge in [-0.1, -0.05) is 25.7 Å². The Morgan fingerprint density at radius 1 is 1.21 bits per heavy atom. The average molecular weight is 639 g/mol. The number of hydrogen-bond donors (Lipinski definition) is 2. The Labute approximate surface area is 250 Å². The van der Waals surface area contributed by atoms with Crippen molar-refractivity contribution in [2.75, 3.05) is 13.2 Å². The standard InChI is InChI=1S/C29H47F5N4O2SSi/c1-20(35-14-13-29(32,33)34)21-10-11-23-24(17-21)38(19-40-15-16-42(5,6)7)26(36-23)25(37-41(39)27(2,3)4)22-9-8-12-28(30,31)18-22/h10-11,17,20,22,25,35,37H,8-9,12-16,18-19H2,1-7H3/t20-,22-,25+,41-/m1/s1. The number of hydrogen-bond acceptors (Lipinski definition) is 4. The fourth-order valence-electron chi connectivity index (χ4n) is 5.03. The molecular weight excluding hydrogens is 591 g/mol. The van der Waals surface area contributed by atoms with E-state index in [-0.39, 0.29) is 32.2 Å². The molecule has 1 aliphatic carbocycles. The fourth-order valence-corrected chi connectivity index (χ4v) is 6.67. The Kier molecular flexibility index (Phi) is 11.4. The van der Waals surface area contributed by atoms with Gasteiger partial charge in [0.05, 0.1) is 39.2 Å². The predicted molar refractivity (Wildman–Crippen MR) is 162 cm³/mol. The lowest BCUT2D eigenvalue weighted by Gasteiger charge is -2.35. The summed E-state index contributed by atoms with van der Waals surface area (Å²) < 4.78 is 91.2. The molecule has 1 aliphatic rings. The van der Waals surface area contributed by atoms with E-state index in [2.05, 4.69) is 29.7 Å². The van der Waals surface area contributed by atoms with Crippen molar-refractivity contribution in [2.45, 2.75) is 121 Å². The highest BCUT2D eigenvalue weighted by Gasteiger charge is 2.42. The zero-order chi connectivity index (χ0) is 31.5. The van der Waals surface area contributed by atoms with E-state index >= 15 is 0 Å². The van der Waals surface area contributed by atoms with Crippen molar-refractivity contribution < 1.29 is 30.9 Å². The van der Waals surface area contributed by atoms with Crippen molar-refractivity contribution in [1.82, 2.24) is 19.6 Å². The first-order chi connectivity index (χ1) is 19.3. The van der Waals surface area contributed by atoms with Gasteiger partial charge in [0.1, 0.15) is 12.6 Å². The number of alkyl halides is 5. The van der Waals surface area contributed by atoms with E-state index in [0.717, 1.165) is 11.6 Å². The lowest BCUT2D eigenvalue weighted by molar-refractivity contribution is -0.133. The van der Waals surface area contributed by atoms with Crippen molar-refractivity contribution >= 4 is 30.1 Å². The summed E-state index contributed by atoms with van der Waals surface area (Å²) in [6.45, 7) is 14.4. The van der Waals surface area contributed by atoms with Crippen LogP contribution in [0.4, 0.5) is 22.0 Å². The van der Waals surface area contributed by atoms with Crippen molar-refractivity contribution in [1.29, 1.82) is 0 Å². The molecule has 0 bridgehead atoms. The van der Waals surface area contributed by atoms with Crippen molar-refractivity contribution in [3.05, 3.63) is 29.6 Å². The summed E-state index contributed by atoms with van der Waals surface area (Å²) in [6.07, 6.45) is -4.79. The topological polar surface area (TPSA) is 68.2 Å². The van der Waals surface area contributed by atoms with Gasteiger partial charge in [0, 0.05) is 40.1 Å². The molecular formula is C29H47F5N4O2SSi. The molecule has 3 rings (SSSR count). The van der Waals surface area contributed by atoms with Crippen LogP contribution in [0.2, 0.25) is 25.7 Å². The van der Waals surface area contributed by atoms with Gasteiger partial charge in [-0.05, 0) is 70.2 Å². The van der Waals surface area contributed by atoms with Gasteiger partial charge in [-0.3, -0.25) is 0 Å². The molecule has 2 N–H and O–H groups in total. The second-order valence-electron chi connectivity index (χ2n) is 13.7. The molecule has 1 aromatic carbocycles. The summed E-state index contributed by atoms with van der Waals surface area (Å²) in [7, 11) is -2.93. The van der Waals surface area contributed by atoms with Crippen LogP contribution in [-0.2, 0) is 22.5 Å². The molecule has 1 aromatic heterocycles. The normalized spacial score (nSPS) is 20.5. The highest BCUT2D eigenvalue weighted by molar-refractivity contribution is 7.84. The quantitative estimate of drug-likeness (QED) is 0.133. The summed E-state index contributed by atoms with van der Waals surface area (Å²) in [5.74, 6) is -2.84. The molecule has 0 radical (unpaired) electrons. The number of rotatable bonds is 13. The van der Waals surface area contributed by atoms with Gasteiger partial charge in [-0.25, -0.2) is 22.7 Å². The first-order valence-corrected chi connectivity index (χ1v) is 19.6. The lowest BCUT2D eigenvalue weighted by atomic mass is 9.81. The SMILES string of the molecule is C[C@@H](NCCC(F)(F)F)c1ccc2nc([C@@H](N[S@](=O)C(C)(C)C)[C@@H]3CCCC(F)(F)C3)n(COCC[Si](C)(C)C)c2c1. The molecule has 240 valence electrons. The maximum Gasteiger partial charge on any atom is 0.390 e. The minimum atomic E-state index is -4.25. The van der Waals surface area contributed by atoms with Gasteiger partial charge in [0.15, 0.2) is 0 Å². The fraction of sp³-hybridized carbons (Fsp3) is 0.759. The summed E-state index contributed by atoms with van der Waals surface area (Å²) in [6, 6.07) is 5.33. The number of nitrogens with one attached hydrogen (secondary N) is 2. The molecule has 1 fully saturated rings. The number of fused-ring (bicyclic) bond motifs is 1. The molecule has 0 saturated heterocycles. The first-order valence-electron chi connectivity index (χ1n) is 14.7. The summed E-state index contributed by atoms with van der Waals surface area (Å²) >= 11 is 0. The predicted octanol–water partition coefficient (Wildman–Crippen LogP) is 7.87. The molecule has 42 heavy (non-hydrogen) atoms. The first kappa shape index (κ1) is 35.1. The summed E-state index contributed by atoms with van der Waals surface area (Å²) in [4.78, 5) is 4.87. The Bertz CT molecular complexity index is 1210. The van der Waals surface area contributed by atoms with Gasteiger partial charge in [0.2, 0.25) is 5.92 Å². The molecule has 0 spiro atoms. The number of ether oxygens (including phenoxy) is 1. The van der Waals surface area contributed by atoms with E-state index in [9.17, 15) is 26.2 Å². The maximum absolute atomic E-state index is 14.7. The molecule has 13 heteroatoms. The van der Waals surface area contributed by atoms with Crippen LogP contribution < -0.4 is 10.0 Å². The average Bonchev–Trinajstić information content (AvgIpc) is 3.19. The Morgan fingerprint density at radius 2 is 1.90 bits per heavy atom. The minimum Gasteiger partial charge on any atom is -0.361 e. The van der Waals surface area contributed by atoms with E-state index < -0.39 is 54.3 Å². The van der Waals surface area contributed by atoms with Gasteiger partial charge >= 0.3 is 6.18 Å². The van der Waals surface area contributed by atoms with Gasteiger partial charge in [0.25, 0.3) is 0 Å². The van der Waals surface area contributed by atoms with Crippen LogP contribution in [0, 0.1) is 5.92 Å². The van der Waals surface area contributed by atoms with Crippen LogP contribution >= 0.6 is 0 Å². The molecule has 2 aromatic rings. The third-order valence-corrected chi connectivity index (χ3v) is 10.9. The van der Waals surface area contributed by atoms with Crippen molar-refractivity contribution in [2.24, 2.45) is 5.92 Å². The molecule has 6 nitrogen and oxygen atoms in total. The Balaban J connectivity index is 2.04. The van der Waals surface area contributed by atoms with Gasteiger partial charge in [-0.15, -0.1) is 0 Å². The van der Waals surface area contributed by atoms with Crippen LogP contribution in [0.5, 0.6) is 0 Å². The number of imidazole rings is 1. The zero-order valence-electron chi connectivity index (χ0n) is 25.8. The third-order valence-electron chi connectivity index (χ3n) is 7.60. The number of nitrogens with zero attached hydrogens (tertiary/aromatic N) is 2. The Morgan fingerprint density at radius 3 is 2.50 bits per heavy atom. The second-order valence-corrected chi connectivity index (χ2v) is 21.3. The molecule has 0 unspecified atom stereocenters. The van der Waals surface area contributed by atoms with Gasteiger partial charge < -0.3 is 14.6 Å². The number of aromatic nitrogens is 2. The smallest absolute Gasteiger partial charge is 0.361 e. The molecule has 4 atom stereocenters.